The fourth-order valence-corrected chi connectivity index (χ4v) is 4.29. The maximum absolute atomic E-state index is 10.4. The molecule has 4 aromatic heterocycles. The van der Waals surface area contributed by atoms with Crippen molar-refractivity contribution >= 4 is 22.8 Å². The summed E-state index contributed by atoms with van der Waals surface area (Å²) in [5, 5.41) is 21.8. The third kappa shape index (κ3) is 6.02. The van der Waals surface area contributed by atoms with Gasteiger partial charge in [-0.3, -0.25) is 9.78 Å². The number of rotatable bonds is 14. The van der Waals surface area contributed by atoms with E-state index in [-0.39, 0.29) is 12.7 Å². The second-order valence-corrected chi connectivity index (χ2v) is 8.92. The quantitative estimate of drug-likeness (QED) is 0.168. The van der Waals surface area contributed by atoms with Crippen LogP contribution in [0.1, 0.15) is 29.9 Å². The topological polar surface area (TPSA) is 139 Å². The number of pyridine rings is 1. The zero-order chi connectivity index (χ0) is 27.0. The fraction of sp³-hybridized carbons (Fsp3) is 0.333. The number of ether oxygens (including phenoxy) is 3. The summed E-state index contributed by atoms with van der Waals surface area (Å²) in [6.45, 7) is 1.13. The van der Waals surface area contributed by atoms with Gasteiger partial charge in [0, 0.05) is 43.8 Å². The van der Waals surface area contributed by atoms with Crippen LogP contribution in [-0.2, 0) is 33.9 Å². The lowest BCUT2D eigenvalue weighted by molar-refractivity contribution is -0.109. The van der Waals surface area contributed by atoms with Crippen molar-refractivity contribution in [2.45, 2.75) is 38.6 Å². The highest BCUT2D eigenvalue weighted by atomic mass is 16.5. The first kappa shape index (κ1) is 26.2. The van der Waals surface area contributed by atoms with Gasteiger partial charge in [-0.25, -0.2) is 0 Å². The van der Waals surface area contributed by atoms with Crippen LogP contribution in [-0.4, -0.2) is 63.2 Å². The average molecular weight is 532 g/mol. The molecule has 4 heterocycles. The van der Waals surface area contributed by atoms with Gasteiger partial charge in [-0.05, 0) is 37.0 Å². The summed E-state index contributed by atoms with van der Waals surface area (Å²) in [4.78, 5) is 15.0. The molecule has 1 unspecified atom stereocenters. The van der Waals surface area contributed by atoms with Crippen molar-refractivity contribution in [1.82, 2.24) is 35.3 Å². The van der Waals surface area contributed by atoms with Crippen molar-refractivity contribution in [2.24, 2.45) is 0 Å². The first-order chi connectivity index (χ1) is 19.2. The monoisotopic (exact) mass is 531 g/mol. The van der Waals surface area contributed by atoms with Crippen LogP contribution < -0.4 is 10.1 Å². The molecule has 1 atom stereocenters. The minimum atomic E-state index is 0.0705. The van der Waals surface area contributed by atoms with E-state index in [1.807, 2.05) is 42.6 Å². The fourth-order valence-electron chi connectivity index (χ4n) is 4.29. The summed E-state index contributed by atoms with van der Waals surface area (Å²) in [5.41, 5.74) is 2.95. The van der Waals surface area contributed by atoms with Crippen molar-refractivity contribution in [3.63, 3.8) is 0 Å². The Kier molecular flexibility index (Phi) is 8.34. The zero-order valence-corrected chi connectivity index (χ0v) is 21.7. The molecule has 0 aliphatic rings. The van der Waals surface area contributed by atoms with E-state index in [1.165, 1.54) is 0 Å². The predicted molar refractivity (Wildman–Crippen MR) is 141 cm³/mol. The lowest BCUT2D eigenvalue weighted by Gasteiger charge is -2.15. The van der Waals surface area contributed by atoms with Crippen molar-refractivity contribution in [3.05, 3.63) is 65.7 Å². The summed E-state index contributed by atoms with van der Waals surface area (Å²) in [7, 11) is 3.27. The zero-order valence-electron chi connectivity index (χ0n) is 21.7. The number of carbonyl (C=O) groups excluding carboxylic acids is 1. The molecule has 0 radical (unpaired) electrons. The van der Waals surface area contributed by atoms with Gasteiger partial charge in [-0.15, -0.1) is 15.3 Å². The molecule has 5 rings (SSSR count). The number of hydrogen-bond donors (Lipinski definition) is 1. The molecule has 0 spiro atoms. The number of benzene rings is 1. The van der Waals surface area contributed by atoms with E-state index in [9.17, 15) is 4.79 Å². The molecule has 202 valence electrons. The third-order valence-corrected chi connectivity index (χ3v) is 6.33. The van der Waals surface area contributed by atoms with Gasteiger partial charge in [0.05, 0.1) is 11.8 Å². The number of aryl methyl sites for hydroxylation is 1. The van der Waals surface area contributed by atoms with E-state index in [2.05, 4.69) is 25.7 Å². The molecule has 39 heavy (non-hydrogen) atoms. The number of nitrogens with one attached hydrogen (secondary N) is 1. The van der Waals surface area contributed by atoms with Gasteiger partial charge in [0.25, 0.3) is 0 Å². The van der Waals surface area contributed by atoms with Crippen molar-refractivity contribution in [2.75, 3.05) is 20.8 Å². The normalized spacial score (nSPS) is 12.2. The van der Waals surface area contributed by atoms with Gasteiger partial charge in [-0.2, -0.15) is 4.52 Å². The van der Waals surface area contributed by atoms with Crippen LogP contribution in [0.5, 0.6) is 5.88 Å². The Morgan fingerprint density at radius 2 is 1.95 bits per heavy atom. The van der Waals surface area contributed by atoms with Crippen molar-refractivity contribution in [1.29, 1.82) is 0 Å². The number of hydrogen-bond acceptors (Lipinski definition) is 10. The number of fused-ring (bicyclic) bond motifs is 3. The van der Waals surface area contributed by atoms with Gasteiger partial charge >= 0.3 is 0 Å². The van der Waals surface area contributed by atoms with Gasteiger partial charge in [0.2, 0.25) is 18.1 Å². The van der Waals surface area contributed by atoms with E-state index in [1.54, 1.807) is 24.8 Å². The standard InChI is InChI=1S/C27H29N7O5/c1-36-16-21-13-24(33-39-21)26-31-30-25-22-5-3-4-6-23(22)27(32-34(25)26)38-15-19-9-7-18(14-29-19)8-10-20(37-2)11-12-28-17-35/h3-7,9,13-14,17,20H,8,10-12,15-16H2,1-2H3,(H,28,35). The summed E-state index contributed by atoms with van der Waals surface area (Å²) in [5.74, 6) is 1.44. The maximum atomic E-state index is 10.4. The summed E-state index contributed by atoms with van der Waals surface area (Å²) in [6, 6.07) is 13.5. The van der Waals surface area contributed by atoms with Gasteiger partial charge in [0.1, 0.15) is 13.2 Å². The van der Waals surface area contributed by atoms with Crippen LogP contribution in [0.25, 0.3) is 27.9 Å². The Hall–Kier alpha value is -4.42. The van der Waals surface area contributed by atoms with Crippen LogP contribution in [0.3, 0.4) is 0 Å². The smallest absolute Gasteiger partial charge is 0.240 e. The van der Waals surface area contributed by atoms with Gasteiger partial charge in [0.15, 0.2) is 17.1 Å². The van der Waals surface area contributed by atoms with Crippen molar-refractivity contribution in [3.8, 4) is 17.4 Å². The maximum Gasteiger partial charge on any atom is 0.240 e. The number of methoxy groups -OCH3 is 2. The third-order valence-electron chi connectivity index (χ3n) is 6.33. The van der Waals surface area contributed by atoms with Crippen LogP contribution in [0.4, 0.5) is 0 Å². The summed E-state index contributed by atoms with van der Waals surface area (Å²) < 4.78 is 23.7. The molecule has 12 nitrogen and oxygen atoms in total. The lowest BCUT2D eigenvalue weighted by atomic mass is 10.1. The molecular formula is C27H29N7O5. The average Bonchev–Trinajstić information content (AvgIpc) is 3.61. The predicted octanol–water partition coefficient (Wildman–Crippen LogP) is 3.14. The van der Waals surface area contributed by atoms with Crippen LogP contribution in [0, 0.1) is 0 Å². The molecule has 0 aliphatic carbocycles. The van der Waals surface area contributed by atoms with Crippen LogP contribution >= 0.6 is 0 Å². The molecule has 1 aromatic carbocycles. The van der Waals surface area contributed by atoms with Gasteiger partial charge in [-0.1, -0.05) is 29.4 Å². The Balaban J connectivity index is 1.31. The molecule has 1 N–H and O–H groups in total. The first-order valence-corrected chi connectivity index (χ1v) is 12.6. The van der Waals surface area contributed by atoms with E-state index in [0.29, 0.717) is 48.4 Å². The molecule has 5 aromatic rings. The van der Waals surface area contributed by atoms with E-state index in [4.69, 9.17) is 23.8 Å². The molecular weight excluding hydrogens is 502 g/mol. The molecule has 0 aliphatic heterocycles. The molecule has 12 heteroatoms. The Bertz CT molecular complexity index is 1530. The highest BCUT2D eigenvalue weighted by Crippen LogP contribution is 2.29. The molecule has 0 fully saturated rings. The number of aromatic nitrogens is 6. The minimum Gasteiger partial charge on any atom is -0.470 e. The minimum absolute atomic E-state index is 0.0705. The van der Waals surface area contributed by atoms with E-state index < -0.39 is 0 Å². The Morgan fingerprint density at radius 3 is 2.72 bits per heavy atom. The molecule has 1 amide bonds. The lowest BCUT2D eigenvalue weighted by Crippen LogP contribution is -2.21. The Labute approximate surface area is 224 Å². The van der Waals surface area contributed by atoms with E-state index in [0.717, 1.165) is 41.3 Å². The number of amides is 1. The Morgan fingerprint density at radius 1 is 1.08 bits per heavy atom. The second-order valence-electron chi connectivity index (χ2n) is 8.92. The summed E-state index contributed by atoms with van der Waals surface area (Å²) >= 11 is 0. The van der Waals surface area contributed by atoms with Gasteiger partial charge < -0.3 is 24.1 Å². The molecule has 0 bridgehead atoms. The van der Waals surface area contributed by atoms with Crippen LogP contribution in [0.2, 0.25) is 0 Å². The molecule has 0 saturated carbocycles. The molecule has 0 saturated heterocycles. The highest BCUT2D eigenvalue weighted by molar-refractivity contribution is 5.96. The second kappa shape index (κ2) is 12.4. The number of carbonyl (C=O) groups is 1. The highest BCUT2D eigenvalue weighted by Gasteiger charge is 2.19. The summed E-state index contributed by atoms with van der Waals surface area (Å²) in [6.07, 6.45) is 5.05. The largest absolute Gasteiger partial charge is 0.470 e. The first-order valence-electron chi connectivity index (χ1n) is 12.6. The van der Waals surface area contributed by atoms with Crippen LogP contribution in [0.15, 0.2) is 53.2 Å². The number of nitrogens with zero attached hydrogens (tertiary/aromatic N) is 6. The SMILES string of the molecule is COCc1cc(-c2nnc3c4ccccc4c(OCc4ccc(CCC(CCNC=O)OC)cn4)nn23)no1. The van der Waals surface area contributed by atoms with Crippen molar-refractivity contribution < 1.29 is 23.5 Å². The van der Waals surface area contributed by atoms with E-state index >= 15 is 0 Å².